The van der Waals surface area contributed by atoms with Crippen LogP contribution in [-0.2, 0) is 4.79 Å². The van der Waals surface area contributed by atoms with Crippen molar-refractivity contribution in [2.45, 2.75) is 6.92 Å². The lowest BCUT2D eigenvalue weighted by Gasteiger charge is -2.34. The summed E-state index contributed by atoms with van der Waals surface area (Å²) >= 11 is 3.50. The van der Waals surface area contributed by atoms with Gasteiger partial charge in [-0.25, -0.2) is 4.79 Å². The SMILES string of the molecule is Cc1cc(Br)ccc1N(CCN1CCOc2c(OCC(=O)O)cccc21)C(=O)c1ccccc1. The third-order valence-corrected chi connectivity index (χ3v) is 6.06. The van der Waals surface area contributed by atoms with E-state index in [0.717, 1.165) is 21.4 Å². The lowest BCUT2D eigenvalue weighted by atomic mass is 10.1. The van der Waals surface area contributed by atoms with Crippen molar-refractivity contribution in [3.05, 3.63) is 82.3 Å². The summed E-state index contributed by atoms with van der Waals surface area (Å²) in [5.74, 6) is -0.204. The van der Waals surface area contributed by atoms with Crippen LogP contribution in [0.2, 0.25) is 0 Å². The first-order valence-corrected chi connectivity index (χ1v) is 11.7. The number of anilines is 2. The third-order valence-electron chi connectivity index (χ3n) is 5.57. The van der Waals surface area contributed by atoms with Crippen LogP contribution in [0.5, 0.6) is 11.5 Å². The second-order valence-electron chi connectivity index (χ2n) is 7.88. The van der Waals surface area contributed by atoms with E-state index in [1.807, 2.05) is 67.6 Å². The van der Waals surface area contributed by atoms with Crippen LogP contribution >= 0.6 is 15.9 Å². The molecule has 0 saturated carbocycles. The Hall–Kier alpha value is -3.52. The van der Waals surface area contributed by atoms with Gasteiger partial charge in [0.1, 0.15) is 6.61 Å². The molecule has 0 fully saturated rings. The molecule has 3 aromatic carbocycles. The number of aryl methyl sites for hydroxylation is 1. The summed E-state index contributed by atoms with van der Waals surface area (Å²) in [5, 5.41) is 8.95. The lowest BCUT2D eigenvalue weighted by Crippen LogP contribution is -2.42. The molecule has 0 aliphatic carbocycles. The highest BCUT2D eigenvalue weighted by molar-refractivity contribution is 9.10. The molecule has 4 rings (SSSR count). The van der Waals surface area contributed by atoms with E-state index >= 15 is 0 Å². The van der Waals surface area contributed by atoms with Gasteiger partial charge in [-0.1, -0.05) is 40.2 Å². The molecule has 7 nitrogen and oxygen atoms in total. The first-order chi connectivity index (χ1) is 16.4. The van der Waals surface area contributed by atoms with Crippen LogP contribution in [0.25, 0.3) is 0 Å². The van der Waals surface area contributed by atoms with Crippen LogP contribution in [0.3, 0.4) is 0 Å². The Kier molecular flexibility index (Phi) is 7.37. The van der Waals surface area contributed by atoms with E-state index in [1.165, 1.54) is 0 Å². The van der Waals surface area contributed by atoms with E-state index in [1.54, 1.807) is 11.0 Å². The largest absolute Gasteiger partial charge is 0.486 e. The lowest BCUT2D eigenvalue weighted by molar-refractivity contribution is -0.139. The highest BCUT2D eigenvalue weighted by atomic mass is 79.9. The number of aliphatic carboxylic acids is 1. The van der Waals surface area contributed by atoms with Crippen molar-refractivity contribution in [1.29, 1.82) is 0 Å². The Morgan fingerprint density at radius 1 is 1.12 bits per heavy atom. The summed E-state index contributed by atoms with van der Waals surface area (Å²) in [5.41, 5.74) is 3.28. The Morgan fingerprint density at radius 3 is 2.65 bits per heavy atom. The van der Waals surface area contributed by atoms with E-state index in [4.69, 9.17) is 14.6 Å². The van der Waals surface area contributed by atoms with Crippen LogP contribution in [-0.4, -0.2) is 49.8 Å². The van der Waals surface area contributed by atoms with Crippen molar-refractivity contribution in [1.82, 2.24) is 0 Å². The normalized spacial score (nSPS) is 12.5. The van der Waals surface area contributed by atoms with Crippen LogP contribution in [0.15, 0.2) is 71.2 Å². The zero-order valence-electron chi connectivity index (χ0n) is 18.7. The van der Waals surface area contributed by atoms with E-state index in [9.17, 15) is 9.59 Å². The second kappa shape index (κ2) is 10.6. The van der Waals surface area contributed by atoms with Gasteiger partial charge in [-0.05, 0) is 55.0 Å². The van der Waals surface area contributed by atoms with Crippen molar-refractivity contribution < 1.29 is 24.2 Å². The van der Waals surface area contributed by atoms with E-state index in [0.29, 0.717) is 43.3 Å². The zero-order valence-corrected chi connectivity index (χ0v) is 20.3. The van der Waals surface area contributed by atoms with E-state index < -0.39 is 12.6 Å². The molecule has 1 aliphatic rings. The fraction of sp³-hybridized carbons (Fsp3) is 0.231. The Morgan fingerprint density at radius 2 is 1.91 bits per heavy atom. The molecule has 0 radical (unpaired) electrons. The predicted molar refractivity (Wildman–Crippen MR) is 134 cm³/mol. The molecule has 34 heavy (non-hydrogen) atoms. The summed E-state index contributed by atoms with van der Waals surface area (Å²) in [7, 11) is 0. The summed E-state index contributed by atoms with van der Waals surface area (Å²) in [6.07, 6.45) is 0. The standard InChI is InChI=1S/C26H25BrN2O5/c1-18-16-20(27)10-11-21(18)29(26(32)19-6-3-2-4-7-19)13-12-28-14-15-33-25-22(28)8-5-9-23(25)34-17-24(30)31/h2-11,16H,12-15,17H2,1H3,(H,30,31). The highest BCUT2D eigenvalue weighted by Crippen LogP contribution is 2.40. The van der Waals surface area contributed by atoms with Gasteiger partial charge in [0.25, 0.3) is 5.91 Å². The second-order valence-corrected chi connectivity index (χ2v) is 8.79. The van der Waals surface area contributed by atoms with Gasteiger partial charge in [-0.3, -0.25) is 4.79 Å². The number of para-hydroxylation sites is 1. The van der Waals surface area contributed by atoms with Crippen molar-refractivity contribution >= 4 is 39.2 Å². The van der Waals surface area contributed by atoms with Gasteiger partial charge in [0.2, 0.25) is 0 Å². The summed E-state index contributed by atoms with van der Waals surface area (Å²) in [6, 6.07) is 20.5. The van der Waals surface area contributed by atoms with Gasteiger partial charge in [-0.15, -0.1) is 0 Å². The maximum Gasteiger partial charge on any atom is 0.341 e. The molecule has 0 bridgehead atoms. The molecule has 3 aromatic rings. The molecule has 0 spiro atoms. The summed E-state index contributed by atoms with van der Waals surface area (Å²) < 4.78 is 12.2. The molecule has 1 N–H and O–H groups in total. The van der Waals surface area contributed by atoms with Crippen LogP contribution in [0.1, 0.15) is 15.9 Å². The van der Waals surface area contributed by atoms with Crippen molar-refractivity contribution in [3.8, 4) is 11.5 Å². The third kappa shape index (κ3) is 5.34. The Labute approximate surface area is 206 Å². The number of hydrogen-bond donors (Lipinski definition) is 1. The monoisotopic (exact) mass is 524 g/mol. The van der Waals surface area contributed by atoms with Gasteiger partial charge >= 0.3 is 5.97 Å². The number of carbonyl (C=O) groups is 2. The molecular weight excluding hydrogens is 500 g/mol. The number of rotatable bonds is 8. The average molecular weight is 525 g/mol. The van der Waals surface area contributed by atoms with Gasteiger partial charge in [0.15, 0.2) is 18.1 Å². The van der Waals surface area contributed by atoms with Crippen molar-refractivity contribution in [2.24, 2.45) is 0 Å². The number of hydrogen-bond acceptors (Lipinski definition) is 5. The fourth-order valence-corrected chi connectivity index (χ4v) is 4.45. The molecule has 0 aromatic heterocycles. The highest BCUT2D eigenvalue weighted by Gasteiger charge is 2.25. The maximum absolute atomic E-state index is 13.5. The van der Waals surface area contributed by atoms with Gasteiger partial charge in [0, 0.05) is 28.8 Å². The topological polar surface area (TPSA) is 79.3 Å². The van der Waals surface area contributed by atoms with E-state index in [-0.39, 0.29) is 5.91 Å². The summed E-state index contributed by atoms with van der Waals surface area (Å²) in [6.45, 7) is 3.64. The molecule has 0 atom stereocenters. The van der Waals surface area contributed by atoms with E-state index in [2.05, 4.69) is 20.8 Å². The number of ether oxygens (including phenoxy) is 2. The smallest absolute Gasteiger partial charge is 0.341 e. The Balaban J connectivity index is 1.60. The number of carboxylic acid groups (broad SMARTS) is 1. The van der Waals surface area contributed by atoms with Gasteiger partial charge in [0.05, 0.1) is 12.2 Å². The quantitative estimate of drug-likeness (QED) is 0.457. The number of carboxylic acids is 1. The minimum absolute atomic E-state index is 0.0713. The first-order valence-electron chi connectivity index (χ1n) is 10.9. The maximum atomic E-state index is 13.5. The zero-order chi connectivity index (χ0) is 24.1. The van der Waals surface area contributed by atoms with Crippen molar-refractivity contribution in [3.63, 3.8) is 0 Å². The molecule has 1 aliphatic heterocycles. The number of halogens is 1. The molecule has 1 amide bonds. The van der Waals surface area contributed by atoms with Gasteiger partial charge < -0.3 is 24.4 Å². The molecular formula is C26H25BrN2O5. The van der Waals surface area contributed by atoms with Crippen LogP contribution in [0, 0.1) is 6.92 Å². The van der Waals surface area contributed by atoms with Gasteiger partial charge in [-0.2, -0.15) is 0 Å². The number of carbonyl (C=O) groups excluding carboxylic acids is 1. The molecule has 0 unspecified atom stereocenters. The summed E-state index contributed by atoms with van der Waals surface area (Å²) in [4.78, 5) is 28.4. The molecule has 8 heteroatoms. The number of nitrogens with zero attached hydrogens (tertiary/aromatic N) is 2. The number of amides is 1. The van der Waals surface area contributed by atoms with Crippen molar-refractivity contribution in [2.75, 3.05) is 42.6 Å². The minimum Gasteiger partial charge on any atom is -0.486 e. The minimum atomic E-state index is -1.05. The van der Waals surface area contributed by atoms with Crippen LogP contribution < -0.4 is 19.3 Å². The predicted octanol–water partition coefficient (Wildman–Crippen LogP) is 4.77. The number of fused-ring (bicyclic) bond motifs is 1. The molecule has 1 heterocycles. The number of benzene rings is 3. The van der Waals surface area contributed by atoms with Crippen LogP contribution in [0.4, 0.5) is 11.4 Å². The molecule has 176 valence electrons. The Bertz CT molecular complexity index is 1190. The fourth-order valence-electron chi connectivity index (χ4n) is 3.97. The first kappa shape index (κ1) is 23.6. The molecule has 0 saturated heterocycles. The average Bonchev–Trinajstić information content (AvgIpc) is 2.84.